The van der Waals surface area contributed by atoms with E-state index in [-0.39, 0.29) is 28.9 Å². The smallest absolute Gasteiger partial charge is 0.427 e. The number of nitrogens with two attached hydrogens (primary N) is 1. The number of ether oxygens (including phenoxy) is 2. The van der Waals surface area contributed by atoms with Crippen molar-refractivity contribution in [3.63, 3.8) is 0 Å². The van der Waals surface area contributed by atoms with Gasteiger partial charge in [-0.3, -0.25) is 4.21 Å². The number of nitrogen functional groups attached to an aromatic ring is 1. The van der Waals surface area contributed by atoms with Crippen LogP contribution < -0.4 is 15.8 Å². The van der Waals surface area contributed by atoms with E-state index >= 15 is 0 Å². The third-order valence-electron chi connectivity index (χ3n) is 7.45. The number of alkyl halides is 3. The zero-order valence-corrected chi connectivity index (χ0v) is 22.2. The van der Waals surface area contributed by atoms with E-state index in [4.69, 9.17) is 10.5 Å². The monoisotopic (exact) mass is 558 g/mol. The number of hydrogen-bond acceptors (Lipinski definition) is 6. The van der Waals surface area contributed by atoms with Crippen molar-refractivity contribution >= 4 is 16.5 Å². The number of rotatable bonds is 10. The van der Waals surface area contributed by atoms with Crippen LogP contribution in [0.15, 0.2) is 36.4 Å². The highest BCUT2D eigenvalue weighted by Gasteiger charge is 2.43. The highest BCUT2D eigenvalue weighted by atomic mass is 32.2. The normalized spacial score (nSPS) is 25.7. The van der Waals surface area contributed by atoms with E-state index in [1.165, 1.54) is 11.6 Å². The fourth-order valence-corrected chi connectivity index (χ4v) is 6.48. The highest BCUT2D eigenvalue weighted by molar-refractivity contribution is 7.85. The van der Waals surface area contributed by atoms with Crippen molar-refractivity contribution in [1.82, 2.24) is 5.32 Å². The van der Waals surface area contributed by atoms with Crippen molar-refractivity contribution in [2.75, 3.05) is 31.0 Å². The van der Waals surface area contributed by atoms with E-state index in [1.807, 2.05) is 12.1 Å². The molecule has 4 N–H and O–H groups in total. The molecule has 0 unspecified atom stereocenters. The quantitative estimate of drug-likeness (QED) is 0.303. The molecule has 210 valence electrons. The standard InChI is InChI=1S/C27H34F4N2O4S/c1-26(6-7-26)19-5-3-4-16(9-19)12-33-21-15-38(35)14-18(25(21)34)8-17-10-20(28)24(32)22(11-17)37-23(13-36-2)27(29,30)31/h3-5,9-11,18,21,23,25,33-34H,6-8,12-15,32H2,1-2H3/t18-,21+,23-,25+,38-/m1/s1. The lowest BCUT2D eigenvalue weighted by Gasteiger charge is -2.35. The topological polar surface area (TPSA) is 93.8 Å². The van der Waals surface area contributed by atoms with Crippen LogP contribution in [0.1, 0.15) is 36.5 Å². The summed E-state index contributed by atoms with van der Waals surface area (Å²) in [6.07, 6.45) is -5.56. The van der Waals surface area contributed by atoms with Gasteiger partial charge < -0.3 is 25.6 Å². The second-order valence-electron chi connectivity index (χ2n) is 10.6. The molecular weight excluding hydrogens is 524 g/mol. The molecule has 2 aromatic carbocycles. The van der Waals surface area contributed by atoms with Crippen molar-refractivity contribution in [3.05, 3.63) is 58.9 Å². The van der Waals surface area contributed by atoms with Gasteiger partial charge in [-0.1, -0.05) is 31.2 Å². The van der Waals surface area contributed by atoms with E-state index < -0.39 is 65.0 Å². The van der Waals surface area contributed by atoms with Crippen LogP contribution in [-0.4, -0.2) is 59.0 Å². The van der Waals surface area contributed by atoms with Gasteiger partial charge in [0.05, 0.1) is 12.7 Å². The largest absolute Gasteiger partial charge is 0.476 e. The number of aliphatic hydroxyl groups excluding tert-OH is 1. The third kappa shape index (κ3) is 6.86. The Bertz CT molecular complexity index is 1160. The first-order chi connectivity index (χ1) is 17.9. The minimum Gasteiger partial charge on any atom is -0.476 e. The Morgan fingerprint density at radius 1 is 1.21 bits per heavy atom. The maximum Gasteiger partial charge on any atom is 0.427 e. The second kappa shape index (κ2) is 11.5. The van der Waals surface area contributed by atoms with Crippen molar-refractivity contribution in [1.29, 1.82) is 0 Å². The number of hydrogen-bond donors (Lipinski definition) is 3. The molecule has 1 aliphatic heterocycles. The Labute approximate surface area is 222 Å². The Kier molecular flexibility index (Phi) is 8.71. The molecule has 4 rings (SSSR count). The van der Waals surface area contributed by atoms with Gasteiger partial charge in [-0.25, -0.2) is 4.39 Å². The summed E-state index contributed by atoms with van der Waals surface area (Å²) in [5, 5.41) is 14.4. The summed E-state index contributed by atoms with van der Waals surface area (Å²) >= 11 is 0. The van der Waals surface area contributed by atoms with Crippen LogP contribution in [0.2, 0.25) is 0 Å². The van der Waals surface area contributed by atoms with Gasteiger partial charge in [0.25, 0.3) is 0 Å². The molecule has 2 fully saturated rings. The minimum atomic E-state index is -4.75. The van der Waals surface area contributed by atoms with Gasteiger partial charge in [0.1, 0.15) is 17.3 Å². The highest BCUT2D eigenvalue weighted by Crippen LogP contribution is 2.47. The first-order valence-corrected chi connectivity index (χ1v) is 14.0. The molecule has 0 spiro atoms. The Morgan fingerprint density at radius 2 is 1.95 bits per heavy atom. The number of aliphatic hydroxyl groups is 1. The van der Waals surface area contributed by atoms with Crippen LogP contribution in [0.3, 0.4) is 0 Å². The minimum absolute atomic E-state index is 0.0907. The predicted molar refractivity (Wildman–Crippen MR) is 138 cm³/mol. The first kappa shape index (κ1) is 28.8. The summed E-state index contributed by atoms with van der Waals surface area (Å²) in [6, 6.07) is 10.2. The van der Waals surface area contributed by atoms with Gasteiger partial charge in [0, 0.05) is 47.9 Å². The lowest BCUT2D eigenvalue weighted by molar-refractivity contribution is -0.206. The fraction of sp³-hybridized carbons (Fsp3) is 0.556. The maximum atomic E-state index is 14.6. The SMILES string of the molecule is COC[C@@H](Oc1cc(C[C@@H]2C[S@@](=O)C[C@H](NCc3cccc(C4(C)CC4)c3)[C@H]2O)cc(F)c1N)C(F)(F)F. The lowest BCUT2D eigenvalue weighted by atomic mass is 9.90. The average Bonchev–Trinajstić information content (AvgIpc) is 3.61. The lowest BCUT2D eigenvalue weighted by Crippen LogP contribution is -2.53. The molecule has 11 heteroatoms. The van der Waals surface area contributed by atoms with Crippen LogP contribution in [0.4, 0.5) is 23.2 Å². The number of nitrogens with one attached hydrogen (secondary N) is 1. The van der Waals surface area contributed by atoms with E-state index in [0.717, 1.165) is 31.6 Å². The first-order valence-electron chi connectivity index (χ1n) is 12.6. The number of anilines is 1. The number of methoxy groups -OCH3 is 1. The predicted octanol–water partition coefficient (Wildman–Crippen LogP) is 3.86. The maximum absolute atomic E-state index is 14.6. The molecule has 0 bridgehead atoms. The molecular formula is C27H34F4N2O4S. The van der Waals surface area contributed by atoms with E-state index in [1.54, 1.807) is 0 Å². The molecule has 2 aliphatic rings. The molecule has 6 nitrogen and oxygen atoms in total. The third-order valence-corrected chi connectivity index (χ3v) is 8.99. The second-order valence-corrected chi connectivity index (χ2v) is 12.1. The average molecular weight is 559 g/mol. The Balaban J connectivity index is 1.45. The molecule has 5 atom stereocenters. The molecule has 2 aromatic rings. The van der Waals surface area contributed by atoms with Crippen LogP contribution in [0.25, 0.3) is 0 Å². The van der Waals surface area contributed by atoms with Crippen LogP contribution in [0, 0.1) is 11.7 Å². The van der Waals surface area contributed by atoms with E-state index in [0.29, 0.717) is 6.54 Å². The molecule has 1 saturated carbocycles. The summed E-state index contributed by atoms with van der Waals surface area (Å²) in [5.41, 5.74) is 7.98. The molecule has 1 heterocycles. The summed E-state index contributed by atoms with van der Waals surface area (Å²) in [6.45, 7) is 1.93. The van der Waals surface area contributed by atoms with Gasteiger partial charge in [-0.15, -0.1) is 0 Å². The van der Waals surface area contributed by atoms with Crippen molar-refractivity contribution in [3.8, 4) is 5.75 Å². The van der Waals surface area contributed by atoms with Crippen molar-refractivity contribution in [2.24, 2.45) is 5.92 Å². The molecule has 0 aromatic heterocycles. The van der Waals surface area contributed by atoms with Crippen LogP contribution >= 0.6 is 0 Å². The Hall–Kier alpha value is -2.21. The molecule has 1 saturated heterocycles. The number of benzene rings is 2. The van der Waals surface area contributed by atoms with E-state index in [2.05, 4.69) is 29.1 Å². The Morgan fingerprint density at radius 3 is 2.61 bits per heavy atom. The van der Waals surface area contributed by atoms with Crippen molar-refractivity contribution < 1.29 is 36.4 Å². The van der Waals surface area contributed by atoms with Gasteiger partial charge in [-0.05, 0) is 53.5 Å². The molecule has 0 radical (unpaired) electrons. The summed E-state index contributed by atoms with van der Waals surface area (Å²) in [5.74, 6) is -1.44. The van der Waals surface area contributed by atoms with Crippen LogP contribution in [0.5, 0.6) is 5.75 Å². The summed E-state index contributed by atoms with van der Waals surface area (Å²) < 4.78 is 76.7. The van der Waals surface area contributed by atoms with Gasteiger partial charge in [-0.2, -0.15) is 13.2 Å². The summed E-state index contributed by atoms with van der Waals surface area (Å²) in [7, 11) is -0.138. The molecule has 38 heavy (non-hydrogen) atoms. The number of halogens is 4. The van der Waals surface area contributed by atoms with Crippen molar-refractivity contribution in [2.45, 2.75) is 62.6 Å². The van der Waals surface area contributed by atoms with Gasteiger partial charge in [0.2, 0.25) is 6.10 Å². The van der Waals surface area contributed by atoms with Gasteiger partial charge in [0.15, 0.2) is 0 Å². The molecule has 0 amide bonds. The van der Waals surface area contributed by atoms with E-state index in [9.17, 15) is 26.9 Å². The van der Waals surface area contributed by atoms with Gasteiger partial charge >= 0.3 is 6.18 Å². The summed E-state index contributed by atoms with van der Waals surface area (Å²) in [4.78, 5) is 0. The van der Waals surface area contributed by atoms with Crippen LogP contribution in [-0.2, 0) is 33.9 Å². The zero-order valence-electron chi connectivity index (χ0n) is 21.4. The fourth-order valence-electron chi connectivity index (χ4n) is 4.84. The zero-order chi connectivity index (χ0) is 27.7. The molecule has 1 aliphatic carbocycles.